The molecule has 0 N–H and O–H groups in total. The molecule has 132 valence electrons. The van der Waals surface area contributed by atoms with Gasteiger partial charge >= 0.3 is 0 Å². The molecule has 5 heteroatoms. The van der Waals surface area contributed by atoms with E-state index in [9.17, 15) is 13.6 Å². The average Bonchev–Trinajstić information content (AvgIpc) is 2.55. The van der Waals surface area contributed by atoms with Crippen molar-refractivity contribution in [1.29, 1.82) is 0 Å². The highest BCUT2D eigenvalue weighted by Gasteiger charge is 2.37. The fourth-order valence-electron chi connectivity index (χ4n) is 4.02. The maximum atomic E-state index is 13.5. The number of benzene rings is 1. The van der Waals surface area contributed by atoms with E-state index in [1.807, 2.05) is 0 Å². The standard InChI is InChI=1S/C19H24ClF2NO/c20-17-5-3-15(4-6-17)18(24)16-7-10-23(11-8-16)13-14-2-1-9-19(21,22)12-14/h3-6,14,16H,1-2,7-13H2/t14-/m0/s1. The van der Waals surface area contributed by atoms with Crippen molar-refractivity contribution in [2.75, 3.05) is 19.6 Å². The molecule has 0 amide bonds. The zero-order chi connectivity index (χ0) is 17.2. The zero-order valence-corrected chi connectivity index (χ0v) is 14.6. The van der Waals surface area contributed by atoms with Crippen molar-refractivity contribution in [1.82, 2.24) is 4.90 Å². The van der Waals surface area contributed by atoms with Crippen LogP contribution in [0.15, 0.2) is 24.3 Å². The van der Waals surface area contributed by atoms with Crippen LogP contribution < -0.4 is 0 Å². The second-order valence-corrected chi connectivity index (χ2v) is 7.70. The van der Waals surface area contributed by atoms with Crippen LogP contribution in [0.25, 0.3) is 0 Å². The summed E-state index contributed by atoms with van der Waals surface area (Å²) >= 11 is 5.86. The molecule has 0 radical (unpaired) electrons. The van der Waals surface area contributed by atoms with Gasteiger partial charge in [-0.15, -0.1) is 0 Å². The summed E-state index contributed by atoms with van der Waals surface area (Å²) in [4.78, 5) is 14.8. The van der Waals surface area contributed by atoms with Gasteiger partial charge in [0, 0.05) is 35.9 Å². The highest BCUT2D eigenvalue weighted by atomic mass is 35.5. The van der Waals surface area contributed by atoms with Crippen LogP contribution in [0.1, 0.15) is 48.9 Å². The number of likely N-dealkylation sites (tertiary alicyclic amines) is 1. The zero-order valence-electron chi connectivity index (χ0n) is 13.8. The predicted molar refractivity (Wildman–Crippen MR) is 91.9 cm³/mol. The molecule has 1 atom stereocenters. The number of hydrogen-bond acceptors (Lipinski definition) is 2. The fourth-order valence-corrected chi connectivity index (χ4v) is 4.15. The second-order valence-electron chi connectivity index (χ2n) is 7.26. The van der Waals surface area contributed by atoms with Gasteiger partial charge in [-0.1, -0.05) is 11.6 Å². The molecule has 24 heavy (non-hydrogen) atoms. The Morgan fingerprint density at radius 3 is 2.46 bits per heavy atom. The molecule has 0 aromatic heterocycles. The first kappa shape index (κ1) is 17.8. The van der Waals surface area contributed by atoms with E-state index in [0.717, 1.165) is 38.9 Å². The van der Waals surface area contributed by atoms with Crippen molar-refractivity contribution < 1.29 is 13.6 Å². The van der Waals surface area contributed by atoms with Crippen molar-refractivity contribution in [3.05, 3.63) is 34.9 Å². The van der Waals surface area contributed by atoms with Gasteiger partial charge in [0.15, 0.2) is 5.78 Å². The van der Waals surface area contributed by atoms with Crippen molar-refractivity contribution in [3.8, 4) is 0 Å². The third-order valence-corrected chi connectivity index (χ3v) is 5.60. The molecule has 1 heterocycles. The van der Waals surface area contributed by atoms with Crippen LogP contribution >= 0.6 is 11.6 Å². The topological polar surface area (TPSA) is 20.3 Å². The van der Waals surface area contributed by atoms with E-state index in [2.05, 4.69) is 4.90 Å². The number of hydrogen-bond donors (Lipinski definition) is 0. The largest absolute Gasteiger partial charge is 0.303 e. The first-order valence-corrected chi connectivity index (χ1v) is 9.21. The first-order chi connectivity index (χ1) is 11.4. The summed E-state index contributed by atoms with van der Waals surface area (Å²) in [6.07, 6.45) is 3.22. The lowest BCUT2D eigenvalue weighted by atomic mass is 9.84. The molecule has 2 nitrogen and oxygen atoms in total. The van der Waals surface area contributed by atoms with E-state index in [1.54, 1.807) is 24.3 Å². The van der Waals surface area contributed by atoms with E-state index in [1.165, 1.54) is 0 Å². The van der Waals surface area contributed by atoms with Crippen LogP contribution in [0, 0.1) is 11.8 Å². The SMILES string of the molecule is O=C(c1ccc(Cl)cc1)C1CCN(C[C@H]2CCCC(F)(F)C2)CC1. The number of piperidine rings is 1. The monoisotopic (exact) mass is 355 g/mol. The lowest BCUT2D eigenvalue weighted by Crippen LogP contribution is -2.41. The Labute approximate surface area is 147 Å². The Morgan fingerprint density at radius 1 is 1.17 bits per heavy atom. The Morgan fingerprint density at radius 2 is 1.83 bits per heavy atom. The molecule has 1 aliphatic heterocycles. The molecule has 1 aromatic carbocycles. The van der Waals surface area contributed by atoms with Gasteiger partial charge < -0.3 is 4.90 Å². The van der Waals surface area contributed by atoms with Gasteiger partial charge in [0.2, 0.25) is 5.92 Å². The van der Waals surface area contributed by atoms with Gasteiger partial charge in [0.1, 0.15) is 0 Å². The number of halogens is 3. The molecule has 0 bridgehead atoms. The number of carbonyl (C=O) groups is 1. The summed E-state index contributed by atoms with van der Waals surface area (Å²) in [5.41, 5.74) is 0.713. The van der Waals surface area contributed by atoms with Crippen molar-refractivity contribution in [2.45, 2.75) is 44.4 Å². The highest BCUT2D eigenvalue weighted by Crippen LogP contribution is 2.37. The van der Waals surface area contributed by atoms with Crippen LogP contribution in [0.4, 0.5) is 8.78 Å². The number of Topliss-reactive ketones (excluding diaryl/α,β-unsaturated/α-hetero) is 1. The normalized spacial score (nSPS) is 25.5. The van der Waals surface area contributed by atoms with Gasteiger partial charge in [0.05, 0.1) is 0 Å². The molecule has 1 aliphatic carbocycles. The maximum Gasteiger partial charge on any atom is 0.248 e. The van der Waals surface area contributed by atoms with Gasteiger partial charge in [0.25, 0.3) is 0 Å². The predicted octanol–water partition coefficient (Wildman–Crippen LogP) is 5.06. The molecular weight excluding hydrogens is 332 g/mol. The summed E-state index contributed by atoms with van der Waals surface area (Å²) < 4.78 is 27.0. The van der Waals surface area contributed by atoms with Crippen LogP contribution in [0.2, 0.25) is 5.02 Å². The third-order valence-electron chi connectivity index (χ3n) is 5.35. The summed E-state index contributed by atoms with van der Waals surface area (Å²) in [6.45, 7) is 2.40. The molecule has 2 fully saturated rings. The Kier molecular flexibility index (Phi) is 5.56. The summed E-state index contributed by atoms with van der Waals surface area (Å²) in [5, 5.41) is 0.630. The molecule has 1 saturated carbocycles. The minimum absolute atomic E-state index is 0.0244. The van der Waals surface area contributed by atoms with E-state index in [-0.39, 0.29) is 30.5 Å². The quantitative estimate of drug-likeness (QED) is 0.703. The number of rotatable bonds is 4. The van der Waals surface area contributed by atoms with Gasteiger partial charge in [-0.3, -0.25) is 4.79 Å². The Bertz CT molecular complexity index is 567. The Hall–Kier alpha value is -1.00. The number of nitrogens with zero attached hydrogens (tertiary/aromatic N) is 1. The summed E-state index contributed by atoms with van der Waals surface area (Å²) in [5.74, 6) is -2.17. The number of ketones is 1. The van der Waals surface area contributed by atoms with Crippen LogP contribution in [-0.2, 0) is 0 Å². The smallest absolute Gasteiger partial charge is 0.248 e. The minimum atomic E-state index is -2.48. The van der Waals surface area contributed by atoms with Gasteiger partial charge in [-0.25, -0.2) is 8.78 Å². The maximum absolute atomic E-state index is 13.5. The molecule has 0 spiro atoms. The van der Waals surface area contributed by atoms with Gasteiger partial charge in [-0.2, -0.15) is 0 Å². The molecule has 1 saturated heterocycles. The highest BCUT2D eigenvalue weighted by molar-refractivity contribution is 6.30. The summed E-state index contributed by atoms with van der Waals surface area (Å²) in [6, 6.07) is 7.04. The second kappa shape index (κ2) is 7.49. The molecule has 0 unspecified atom stereocenters. The van der Waals surface area contributed by atoms with E-state index in [4.69, 9.17) is 11.6 Å². The number of carbonyl (C=O) groups excluding carboxylic acids is 1. The molecule has 1 aromatic rings. The van der Waals surface area contributed by atoms with E-state index in [0.29, 0.717) is 17.0 Å². The average molecular weight is 356 g/mol. The van der Waals surface area contributed by atoms with Gasteiger partial charge in [-0.05, 0) is 69.0 Å². The van der Waals surface area contributed by atoms with Crippen molar-refractivity contribution in [3.63, 3.8) is 0 Å². The fraction of sp³-hybridized carbons (Fsp3) is 0.632. The van der Waals surface area contributed by atoms with E-state index >= 15 is 0 Å². The first-order valence-electron chi connectivity index (χ1n) is 8.83. The summed E-state index contributed by atoms with van der Waals surface area (Å²) in [7, 11) is 0. The molecule has 3 rings (SSSR count). The van der Waals surface area contributed by atoms with Crippen LogP contribution in [0.3, 0.4) is 0 Å². The molecular formula is C19H24ClF2NO. The minimum Gasteiger partial charge on any atom is -0.303 e. The van der Waals surface area contributed by atoms with E-state index < -0.39 is 5.92 Å². The van der Waals surface area contributed by atoms with Crippen molar-refractivity contribution >= 4 is 17.4 Å². The van der Waals surface area contributed by atoms with Crippen LogP contribution in [0.5, 0.6) is 0 Å². The lowest BCUT2D eigenvalue weighted by molar-refractivity contribution is -0.0577. The number of alkyl halides is 2. The third kappa shape index (κ3) is 4.54. The lowest BCUT2D eigenvalue weighted by Gasteiger charge is -2.36. The van der Waals surface area contributed by atoms with Crippen molar-refractivity contribution in [2.24, 2.45) is 11.8 Å². The Balaban J connectivity index is 1.49. The molecule has 2 aliphatic rings. The van der Waals surface area contributed by atoms with Crippen LogP contribution in [-0.4, -0.2) is 36.2 Å².